The van der Waals surface area contributed by atoms with Gasteiger partial charge in [-0.25, -0.2) is 9.78 Å². The van der Waals surface area contributed by atoms with Gasteiger partial charge < -0.3 is 14.6 Å². The highest BCUT2D eigenvalue weighted by Crippen LogP contribution is 2.20. The van der Waals surface area contributed by atoms with Crippen LogP contribution in [0.5, 0.6) is 0 Å². The monoisotopic (exact) mass is 265 g/mol. The lowest BCUT2D eigenvalue weighted by Gasteiger charge is -2.19. The van der Waals surface area contributed by atoms with Crippen molar-refractivity contribution in [3.05, 3.63) is 17.7 Å². The first-order valence-corrected chi connectivity index (χ1v) is 6.49. The van der Waals surface area contributed by atoms with E-state index in [-0.39, 0.29) is 5.91 Å². The van der Waals surface area contributed by atoms with Crippen molar-refractivity contribution >= 4 is 11.9 Å². The Morgan fingerprint density at radius 1 is 1.47 bits per heavy atom. The maximum atomic E-state index is 11.7. The Balaban J connectivity index is 2.14. The number of imidazole rings is 1. The normalized spacial score (nSPS) is 15.5. The highest BCUT2D eigenvalue weighted by molar-refractivity contribution is 5.83. The fourth-order valence-corrected chi connectivity index (χ4v) is 2.45. The van der Waals surface area contributed by atoms with Gasteiger partial charge >= 0.3 is 5.97 Å². The summed E-state index contributed by atoms with van der Waals surface area (Å²) >= 11 is 0. The summed E-state index contributed by atoms with van der Waals surface area (Å²) in [6.07, 6.45) is 6.01. The number of ether oxygens (including phenoxy) is 1. The molecule has 104 valence electrons. The van der Waals surface area contributed by atoms with Crippen LogP contribution in [0.3, 0.4) is 0 Å². The van der Waals surface area contributed by atoms with Crippen molar-refractivity contribution in [1.82, 2.24) is 14.9 Å². The maximum absolute atomic E-state index is 11.7. The number of esters is 1. The lowest BCUT2D eigenvalue weighted by Crippen LogP contribution is -2.43. The van der Waals surface area contributed by atoms with E-state index >= 15 is 0 Å². The van der Waals surface area contributed by atoms with E-state index in [1.807, 2.05) is 4.57 Å². The van der Waals surface area contributed by atoms with E-state index in [9.17, 15) is 9.59 Å². The summed E-state index contributed by atoms with van der Waals surface area (Å²) in [4.78, 5) is 27.2. The van der Waals surface area contributed by atoms with Crippen LogP contribution in [0.15, 0.2) is 6.33 Å². The van der Waals surface area contributed by atoms with Crippen molar-refractivity contribution < 1.29 is 14.3 Å². The average Bonchev–Trinajstić information content (AvgIpc) is 2.80. The molecule has 1 aromatic heterocycles. The Bertz CT molecular complexity index is 481. The van der Waals surface area contributed by atoms with Gasteiger partial charge in [-0.3, -0.25) is 4.79 Å². The maximum Gasteiger partial charge on any atom is 0.330 e. The standard InChI is InChI=1S/C13H19N3O3/c1-9(17)15-11(13(18)19-2)7-16-8-14-10-5-3-4-6-12(10)16/h8,11H,3-7H2,1-2H3,(H,15,17). The summed E-state index contributed by atoms with van der Waals surface area (Å²) in [5.74, 6) is -0.683. The third-order valence-corrected chi connectivity index (χ3v) is 3.35. The molecule has 1 aromatic rings. The zero-order valence-corrected chi connectivity index (χ0v) is 11.3. The molecule has 0 bridgehead atoms. The molecule has 1 atom stereocenters. The van der Waals surface area contributed by atoms with Crippen molar-refractivity contribution in [3.8, 4) is 0 Å². The molecule has 0 fully saturated rings. The lowest BCUT2D eigenvalue weighted by atomic mass is 10.0. The van der Waals surface area contributed by atoms with Crippen LogP contribution in [-0.2, 0) is 33.7 Å². The molecule has 0 saturated heterocycles. The SMILES string of the molecule is COC(=O)C(Cn1cnc2c1CCCC2)NC(C)=O. The van der Waals surface area contributed by atoms with E-state index in [0.717, 1.165) is 31.4 Å². The molecule has 0 aliphatic heterocycles. The molecule has 1 heterocycles. The van der Waals surface area contributed by atoms with Gasteiger partial charge in [-0.15, -0.1) is 0 Å². The van der Waals surface area contributed by atoms with Gasteiger partial charge in [0.25, 0.3) is 0 Å². The fraction of sp³-hybridized carbons (Fsp3) is 0.615. The molecular weight excluding hydrogens is 246 g/mol. The molecule has 0 spiro atoms. The summed E-state index contributed by atoms with van der Waals surface area (Å²) in [5.41, 5.74) is 2.28. The van der Waals surface area contributed by atoms with Gasteiger partial charge in [0.2, 0.25) is 5.91 Å². The topological polar surface area (TPSA) is 73.2 Å². The number of fused-ring (bicyclic) bond motifs is 1. The van der Waals surface area contributed by atoms with Gasteiger partial charge in [0.05, 0.1) is 25.7 Å². The van der Waals surface area contributed by atoms with Crippen LogP contribution in [-0.4, -0.2) is 34.6 Å². The molecule has 6 nitrogen and oxygen atoms in total. The zero-order valence-electron chi connectivity index (χ0n) is 11.3. The number of hydrogen-bond acceptors (Lipinski definition) is 4. The second-order valence-electron chi connectivity index (χ2n) is 4.77. The molecule has 19 heavy (non-hydrogen) atoms. The highest BCUT2D eigenvalue weighted by Gasteiger charge is 2.23. The Morgan fingerprint density at radius 3 is 2.89 bits per heavy atom. The number of nitrogens with zero attached hydrogens (tertiary/aromatic N) is 2. The quantitative estimate of drug-likeness (QED) is 0.802. The van der Waals surface area contributed by atoms with Crippen LogP contribution in [0.2, 0.25) is 0 Å². The number of aromatic nitrogens is 2. The molecule has 1 aliphatic carbocycles. The minimum atomic E-state index is -0.664. The second-order valence-corrected chi connectivity index (χ2v) is 4.77. The van der Waals surface area contributed by atoms with E-state index in [1.165, 1.54) is 19.7 Å². The first-order valence-electron chi connectivity index (χ1n) is 6.49. The molecule has 0 saturated carbocycles. The van der Waals surface area contributed by atoms with Crippen LogP contribution in [0.25, 0.3) is 0 Å². The van der Waals surface area contributed by atoms with Crippen molar-refractivity contribution in [3.63, 3.8) is 0 Å². The molecule has 2 rings (SSSR count). The van der Waals surface area contributed by atoms with Crippen molar-refractivity contribution in [1.29, 1.82) is 0 Å². The number of methoxy groups -OCH3 is 1. The Hall–Kier alpha value is -1.85. The largest absolute Gasteiger partial charge is 0.467 e. The van der Waals surface area contributed by atoms with E-state index in [1.54, 1.807) is 6.33 Å². The predicted molar refractivity (Wildman–Crippen MR) is 68.5 cm³/mol. The van der Waals surface area contributed by atoms with E-state index in [2.05, 4.69) is 10.3 Å². The predicted octanol–water partition coefficient (Wildman–Crippen LogP) is 0.440. The molecule has 1 N–H and O–H groups in total. The number of hydrogen-bond donors (Lipinski definition) is 1. The number of nitrogens with one attached hydrogen (secondary N) is 1. The van der Waals surface area contributed by atoms with Gasteiger partial charge in [0.15, 0.2) is 0 Å². The molecule has 0 radical (unpaired) electrons. The minimum Gasteiger partial charge on any atom is -0.467 e. The summed E-state index contributed by atoms with van der Waals surface area (Å²) in [6, 6.07) is -0.664. The van der Waals surface area contributed by atoms with Crippen LogP contribution in [0.1, 0.15) is 31.2 Å². The molecule has 6 heteroatoms. The number of aryl methyl sites for hydroxylation is 1. The minimum absolute atomic E-state index is 0.246. The third kappa shape index (κ3) is 3.13. The van der Waals surface area contributed by atoms with Crippen LogP contribution < -0.4 is 5.32 Å². The first-order chi connectivity index (χ1) is 9.11. The summed E-state index contributed by atoms with van der Waals surface area (Å²) in [6.45, 7) is 1.76. The Kier molecular flexibility index (Phi) is 4.19. The summed E-state index contributed by atoms with van der Waals surface area (Å²) in [5, 5.41) is 2.61. The van der Waals surface area contributed by atoms with Gasteiger partial charge in [-0.05, 0) is 25.7 Å². The first kappa shape index (κ1) is 13.6. The number of amides is 1. The number of carbonyl (C=O) groups excluding carboxylic acids is 2. The molecule has 1 amide bonds. The average molecular weight is 265 g/mol. The van der Waals surface area contributed by atoms with E-state index in [4.69, 9.17) is 4.74 Å². The molecular formula is C13H19N3O3. The third-order valence-electron chi connectivity index (χ3n) is 3.35. The molecule has 1 aliphatic rings. The summed E-state index contributed by atoms with van der Waals surface area (Å²) < 4.78 is 6.67. The van der Waals surface area contributed by atoms with Crippen LogP contribution >= 0.6 is 0 Å². The Morgan fingerprint density at radius 2 is 2.21 bits per heavy atom. The second kappa shape index (κ2) is 5.86. The summed E-state index contributed by atoms with van der Waals surface area (Å²) in [7, 11) is 1.32. The van der Waals surface area contributed by atoms with E-state index in [0.29, 0.717) is 6.54 Å². The van der Waals surface area contributed by atoms with Gasteiger partial charge in [0.1, 0.15) is 6.04 Å². The van der Waals surface area contributed by atoms with Gasteiger partial charge in [0, 0.05) is 12.6 Å². The zero-order chi connectivity index (χ0) is 13.8. The Labute approximate surface area is 112 Å². The van der Waals surface area contributed by atoms with Crippen LogP contribution in [0.4, 0.5) is 0 Å². The van der Waals surface area contributed by atoms with Gasteiger partial charge in [-0.1, -0.05) is 0 Å². The molecule has 1 unspecified atom stereocenters. The number of rotatable bonds is 4. The van der Waals surface area contributed by atoms with Crippen LogP contribution in [0, 0.1) is 0 Å². The smallest absolute Gasteiger partial charge is 0.330 e. The lowest BCUT2D eigenvalue weighted by molar-refractivity contribution is -0.145. The van der Waals surface area contributed by atoms with E-state index < -0.39 is 12.0 Å². The van der Waals surface area contributed by atoms with Crippen molar-refractivity contribution in [2.75, 3.05) is 7.11 Å². The van der Waals surface area contributed by atoms with Gasteiger partial charge in [-0.2, -0.15) is 0 Å². The van der Waals surface area contributed by atoms with Crippen molar-refractivity contribution in [2.45, 2.75) is 45.2 Å². The highest BCUT2D eigenvalue weighted by atomic mass is 16.5. The fourth-order valence-electron chi connectivity index (χ4n) is 2.45. The number of carbonyl (C=O) groups is 2. The van der Waals surface area contributed by atoms with Crippen molar-refractivity contribution in [2.24, 2.45) is 0 Å². The molecule has 0 aromatic carbocycles.